The second-order valence-corrected chi connectivity index (χ2v) is 4.49. The Bertz CT molecular complexity index is 530. The van der Waals surface area contributed by atoms with Crippen LogP contribution in [0.5, 0.6) is 5.75 Å². The molecule has 0 fully saturated rings. The van der Waals surface area contributed by atoms with Crippen molar-refractivity contribution in [3.8, 4) is 5.75 Å². The molecule has 1 aromatic heterocycles. The highest BCUT2D eigenvalue weighted by atomic mass is 32.1. The highest BCUT2D eigenvalue weighted by Gasteiger charge is 2.12. The smallest absolute Gasteiger partial charge is 0.323 e. The second kappa shape index (κ2) is 5.46. The number of phenols is 1. The van der Waals surface area contributed by atoms with Crippen molar-refractivity contribution in [3.63, 3.8) is 0 Å². The first-order valence-electron chi connectivity index (χ1n) is 5.22. The number of aromatic hydroxyl groups is 1. The zero-order chi connectivity index (χ0) is 13.0. The summed E-state index contributed by atoms with van der Waals surface area (Å²) < 4.78 is 0. The molecular weight excluding hydrogens is 252 g/mol. The molecule has 0 atom stereocenters. The van der Waals surface area contributed by atoms with Gasteiger partial charge in [0.25, 0.3) is 0 Å². The molecule has 0 spiro atoms. The summed E-state index contributed by atoms with van der Waals surface area (Å²) in [5, 5.41) is 20.0. The standard InChI is InChI=1S/C11H12N4O2S/c1-15(6-8-4-2-3-5-9(8)16)11(17)13-10-14-12-7-18-10/h2-5,7,16H,6H2,1H3,(H,13,14,17). The third-order valence-electron chi connectivity index (χ3n) is 2.32. The molecule has 0 aliphatic rings. The Morgan fingerprint density at radius 3 is 2.94 bits per heavy atom. The van der Waals surface area contributed by atoms with Crippen LogP contribution in [0.25, 0.3) is 0 Å². The number of carbonyl (C=O) groups is 1. The van der Waals surface area contributed by atoms with Gasteiger partial charge in [0, 0.05) is 12.6 Å². The SMILES string of the molecule is CN(Cc1ccccc1O)C(=O)Nc1nncs1. The number of anilines is 1. The van der Waals surface area contributed by atoms with E-state index < -0.39 is 0 Å². The summed E-state index contributed by atoms with van der Waals surface area (Å²) in [5.74, 6) is 0.174. The number of nitrogens with one attached hydrogen (secondary N) is 1. The molecule has 0 saturated heterocycles. The van der Waals surface area contributed by atoms with Crippen LogP contribution in [0, 0.1) is 0 Å². The van der Waals surface area contributed by atoms with Crippen LogP contribution in [0.3, 0.4) is 0 Å². The van der Waals surface area contributed by atoms with Crippen molar-refractivity contribution < 1.29 is 9.90 Å². The number of carbonyl (C=O) groups excluding carboxylic acids is 1. The molecule has 2 amide bonds. The van der Waals surface area contributed by atoms with Gasteiger partial charge in [-0.25, -0.2) is 4.79 Å². The maximum atomic E-state index is 11.8. The quantitative estimate of drug-likeness (QED) is 0.887. The highest BCUT2D eigenvalue weighted by Crippen LogP contribution is 2.17. The van der Waals surface area contributed by atoms with E-state index >= 15 is 0 Å². The van der Waals surface area contributed by atoms with Crippen molar-refractivity contribution in [2.45, 2.75) is 6.54 Å². The van der Waals surface area contributed by atoms with Crippen molar-refractivity contribution in [2.24, 2.45) is 0 Å². The summed E-state index contributed by atoms with van der Waals surface area (Å²) in [7, 11) is 1.64. The maximum Gasteiger partial charge on any atom is 0.323 e. The monoisotopic (exact) mass is 264 g/mol. The molecule has 1 aromatic carbocycles. The van der Waals surface area contributed by atoms with E-state index in [-0.39, 0.29) is 11.8 Å². The summed E-state index contributed by atoms with van der Waals surface area (Å²) in [6.45, 7) is 0.317. The molecule has 7 heteroatoms. The Kier molecular flexibility index (Phi) is 3.73. The van der Waals surface area contributed by atoms with Crippen molar-refractivity contribution in [1.29, 1.82) is 0 Å². The summed E-state index contributed by atoms with van der Waals surface area (Å²) in [5.41, 5.74) is 2.23. The van der Waals surface area contributed by atoms with E-state index in [0.717, 1.165) is 0 Å². The second-order valence-electron chi connectivity index (χ2n) is 3.66. The molecule has 2 N–H and O–H groups in total. The predicted molar refractivity (Wildman–Crippen MR) is 68.5 cm³/mol. The Labute approximate surface area is 108 Å². The van der Waals surface area contributed by atoms with Crippen LogP contribution in [0.15, 0.2) is 29.8 Å². The van der Waals surface area contributed by atoms with Gasteiger partial charge in [0.05, 0.1) is 6.54 Å². The molecule has 94 valence electrons. The van der Waals surface area contributed by atoms with E-state index in [1.54, 1.807) is 30.8 Å². The zero-order valence-electron chi connectivity index (χ0n) is 9.70. The predicted octanol–water partition coefficient (Wildman–Crippen LogP) is 1.91. The first kappa shape index (κ1) is 12.3. The molecule has 6 nitrogen and oxygen atoms in total. The molecule has 2 rings (SSSR count). The number of hydrogen-bond donors (Lipinski definition) is 2. The Morgan fingerprint density at radius 1 is 1.50 bits per heavy atom. The van der Waals surface area contributed by atoms with E-state index in [1.807, 2.05) is 6.07 Å². The molecule has 0 saturated carbocycles. The van der Waals surface area contributed by atoms with Crippen molar-refractivity contribution in [3.05, 3.63) is 35.3 Å². The van der Waals surface area contributed by atoms with Crippen LogP contribution in [0.2, 0.25) is 0 Å². The minimum atomic E-state index is -0.296. The Hall–Kier alpha value is -2.15. The topological polar surface area (TPSA) is 78.4 Å². The van der Waals surface area contributed by atoms with Gasteiger partial charge in [-0.05, 0) is 6.07 Å². The van der Waals surface area contributed by atoms with Gasteiger partial charge in [0.1, 0.15) is 11.3 Å². The lowest BCUT2D eigenvalue weighted by Crippen LogP contribution is -2.30. The Morgan fingerprint density at radius 2 is 2.28 bits per heavy atom. The summed E-state index contributed by atoms with van der Waals surface area (Å²) in [4.78, 5) is 13.3. The number of hydrogen-bond acceptors (Lipinski definition) is 5. The van der Waals surface area contributed by atoms with E-state index in [1.165, 1.54) is 16.2 Å². The van der Waals surface area contributed by atoms with E-state index in [2.05, 4.69) is 15.5 Å². The molecule has 2 aromatic rings. The minimum Gasteiger partial charge on any atom is -0.508 e. The average Bonchev–Trinajstić information content (AvgIpc) is 2.84. The molecule has 18 heavy (non-hydrogen) atoms. The number of phenolic OH excluding ortho intramolecular Hbond substituents is 1. The lowest BCUT2D eigenvalue weighted by molar-refractivity contribution is 0.220. The normalized spacial score (nSPS) is 10.1. The van der Waals surface area contributed by atoms with E-state index in [9.17, 15) is 9.90 Å². The van der Waals surface area contributed by atoms with Gasteiger partial charge < -0.3 is 10.0 Å². The van der Waals surface area contributed by atoms with Gasteiger partial charge in [-0.2, -0.15) is 0 Å². The van der Waals surface area contributed by atoms with Crippen molar-refractivity contribution >= 4 is 22.5 Å². The summed E-state index contributed by atoms with van der Waals surface area (Å²) in [6, 6.07) is 6.61. The van der Waals surface area contributed by atoms with Crippen LogP contribution in [-0.2, 0) is 6.54 Å². The molecule has 0 bridgehead atoms. The van der Waals surface area contributed by atoms with Gasteiger partial charge in [-0.1, -0.05) is 29.5 Å². The van der Waals surface area contributed by atoms with Crippen molar-refractivity contribution in [2.75, 3.05) is 12.4 Å². The van der Waals surface area contributed by atoms with Crippen LogP contribution in [0.1, 0.15) is 5.56 Å². The third kappa shape index (κ3) is 2.95. The van der Waals surface area contributed by atoms with Gasteiger partial charge in [0.15, 0.2) is 0 Å². The van der Waals surface area contributed by atoms with E-state index in [0.29, 0.717) is 17.2 Å². The van der Waals surface area contributed by atoms with Crippen LogP contribution in [0.4, 0.5) is 9.93 Å². The van der Waals surface area contributed by atoms with Crippen LogP contribution >= 0.6 is 11.3 Å². The number of rotatable bonds is 3. The summed E-state index contributed by atoms with van der Waals surface area (Å²) in [6.07, 6.45) is 0. The number of amides is 2. The first-order chi connectivity index (χ1) is 8.66. The number of aromatic nitrogens is 2. The molecule has 1 heterocycles. The Balaban J connectivity index is 1.97. The molecule has 0 radical (unpaired) electrons. The fourth-order valence-electron chi connectivity index (χ4n) is 1.39. The lowest BCUT2D eigenvalue weighted by Gasteiger charge is -2.17. The molecule has 0 unspecified atom stereocenters. The fraction of sp³-hybridized carbons (Fsp3) is 0.182. The molecule has 0 aliphatic heterocycles. The van der Waals surface area contributed by atoms with Crippen molar-refractivity contribution in [1.82, 2.24) is 15.1 Å². The van der Waals surface area contributed by atoms with Crippen LogP contribution < -0.4 is 5.32 Å². The van der Waals surface area contributed by atoms with E-state index in [4.69, 9.17) is 0 Å². The average molecular weight is 264 g/mol. The van der Waals surface area contributed by atoms with Gasteiger partial charge in [-0.15, -0.1) is 10.2 Å². The number of para-hydroxylation sites is 1. The maximum absolute atomic E-state index is 11.8. The first-order valence-corrected chi connectivity index (χ1v) is 6.10. The lowest BCUT2D eigenvalue weighted by atomic mass is 10.2. The molecular formula is C11H12N4O2S. The van der Waals surface area contributed by atoms with Gasteiger partial charge >= 0.3 is 6.03 Å². The number of urea groups is 1. The number of benzene rings is 1. The number of nitrogens with zero attached hydrogens (tertiary/aromatic N) is 3. The largest absolute Gasteiger partial charge is 0.508 e. The zero-order valence-corrected chi connectivity index (χ0v) is 10.5. The molecule has 0 aliphatic carbocycles. The van der Waals surface area contributed by atoms with Gasteiger partial charge in [0.2, 0.25) is 5.13 Å². The third-order valence-corrected chi connectivity index (χ3v) is 2.93. The fourth-order valence-corrected chi connectivity index (χ4v) is 1.82. The highest BCUT2D eigenvalue weighted by molar-refractivity contribution is 7.13. The minimum absolute atomic E-state index is 0.174. The summed E-state index contributed by atoms with van der Waals surface area (Å²) >= 11 is 1.25. The van der Waals surface area contributed by atoms with Gasteiger partial charge in [-0.3, -0.25) is 5.32 Å². The van der Waals surface area contributed by atoms with Crippen LogP contribution in [-0.4, -0.2) is 33.3 Å².